The fourth-order valence-corrected chi connectivity index (χ4v) is 4.47. The molecule has 214 valence electrons. The van der Waals surface area contributed by atoms with E-state index in [0.717, 1.165) is 11.3 Å². The maximum Gasteiger partial charge on any atom is 0.336 e. The second kappa shape index (κ2) is 14.2. The minimum absolute atomic E-state index is 0.0797. The third kappa shape index (κ3) is 7.67. The molecule has 0 aromatic heterocycles. The number of hydrogen-bond donors (Lipinski definition) is 3. The van der Waals surface area contributed by atoms with Crippen molar-refractivity contribution in [2.24, 2.45) is 0 Å². The molecule has 0 spiro atoms. The Hall–Kier alpha value is -4.22. The van der Waals surface area contributed by atoms with Crippen LogP contribution in [0.1, 0.15) is 37.3 Å². The van der Waals surface area contributed by atoms with E-state index in [1.165, 1.54) is 25.3 Å². The molecule has 0 bridgehead atoms. The van der Waals surface area contributed by atoms with E-state index in [-0.39, 0.29) is 30.0 Å². The Kier molecular flexibility index (Phi) is 10.8. The summed E-state index contributed by atoms with van der Waals surface area (Å²) in [6.45, 7) is 6.29. The monoisotopic (exact) mass is 553 g/mol. The number of aliphatic hydroxyl groups excluding tert-OH is 1. The van der Waals surface area contributed by atoms with Crippen molar-refractivity contribution < 1.29 is 33.8 Å². The Morgan fingerprint density at radius 3 is 2.45 bits per heavy atom. The highest BCUT2D eigenvalue weighted by molar-refractivity contribution is 5.99. The lowest BCUT2D eigenvalue weighted by molar-refractivity contribution is -0.384. The van der Waals surface area contributed by atoms with Crippen molar-refractivity contribution >= 4 is 17.6 Å². The number of benzene rings is 2. The molecule has 0 aliphatic carbocycles. The van der Waals surface area contributed by atoms with Crippen LogP contribution in [0.3, 0.4) is 0 Å². The summed E-state index contributed by atoms with van der Waals surface area (Å²) in [4.78, 5) is 36.8. The first-order chi connectivity index (χ1) is 19.1. The zero-order valence-electron chi connectivity index (χ0n) is 23.1. The largest absolute Gasteiger partial charge is 0.491 e. The normalized spacial score (nSPS) is 15.8. The Labute approximate surface area is 233 Å². The molecule has 0 amide bonds. The van der Waals surface area contributed by atoms with Crippen molar-refractivity contribution in [2.45, 2.75) is 39.2 Å². The van der Waals surface area contributed by atoms with Gasteiger partial charge in [-0.15, -0.1) is 0 Å². The molecule has 2 unspecified atom stereocenters. The molecular weight excluding hydrogens is 518 g/mol. The van der Waals surface area contributed by atoms with Gasteiger partial charge in [-0.25, -0.2) is 9.59 Å². The number of rotatable bonds is 13. The standard InChI is InChI=1S/C29H35N3O8/c1-18-9-5-6-12-24(18)40-17-23(33)16-30-13-8-14-39-29(35)26-20(3)31-19(2)25(28(34)38-4)27(26)21-10-7-11-22(15-21)32(36)37/h5-7,9-12,15,23,27,30-31,33H,8,13-14,16-17H2,1-4H3. The number of dihydropyridines is 1. The molecule has 11 nitrogen and oxygen atoms in total. The summed E-state index contributed by atoms with van der Waals surface area (Å²) in [5, 5.41) is 27.7. The minimum atomic E-state index is -0.914. The summed E-state index contributed by atoms with van der Waals surface area (Å²) in [5.74, 6) is -1.50. The van der Waals surface area contributed by atoms with Crippen molar-refractivity contribution in [2.75, 3.05) is 33.4 Å². The van der Waals surface area contributed by atoms with Gasteiger partial charge in [0.05, 0.1) is 35.7 Å². The van der Waals surface area contributed by atoms with E-state index in [2.05, 4.69) is 10.6 Å². The van der Waals surface area contributed by atoms with Crippen LogP contribution in [0, 0.1) is 17.0 Å². The Morgan fingerprint density at radius 1 is 1.07 bits per heavy atom. The molecule has 2 atom stereocenters. The van der Waals surface area contributed by atoms with Crippen LogP contribution in [0.2, 0.25) is 0 Å². The van der Waals surface area contributed by atoms with E-state index in [0.29, 0.717) is 36.5 Å². The molecule has 1 heterocycles. The molecule has 1 aliphatic heterocycles. The van der Waals surface area contributed by atoms with Gasteiger partial charge in [-0.1, -0.05) is 30.3 Å². The molecule has 0 radical (unpaired) electrons. The highest BCUT2D eigenvalue weighted by Crippen LogP contribution is 2.40. The van der Waals surface area contributed by atoms with Gasteiger partial charge in [-0.3, -0.25) is 10.1 Å². The van der Waals surface area contributed by atoms with Crippen LogP contribution < -0.4 is 15.4 Å². The Balaban J connectivity index is 1.59. The van der Waals surface area contributed by atoms with Gasteiger partial charge < -0.3 is 30.0 Å². The van der Waals surface area contributed by atoms with Crippen molar-refractivity contribution in [1.29, 1.82) is 0 Å². The molecule has 3 rings (SSSR count). The van der Waals surface area contributed by atoms with E-state index < -0.39 is 28.9 Å². The van der Waals surface area contributed by atoms with Crippen LogP contribution in [0.4, 0.5) is 5.69 Å². The number of nitro groups is 1. The number of hydrogen-bond acceptors (Lipinski definition) is 10. The number of carbonyl (C=O) groups excluding carboxylic acids is 2. The first-order valence-corrected chi connectivity index (χ1v) is 12.9. The molecular formula is C29H35N3O8. The number of non-ortho nitro benzene ring substituents is 1. The number of carbonyl (C=O) groups is 2. The molecule has 2 aromatic carbocycles. The average molecular weight is 554 g/mol. The van der Waals surface area contributed by atoms with Crippen LogP contribution in [0.15, 0.2) is 71.1 Å². The summed E-state index contributed by atoms with van der Waals surface area (Å²) in [6.07, 6.45) is -0.248. The zero-order chi connectivity index (χ0) is 29.2. The fourth-order valence-electron chi connectivity index (χ4n) is 4.47. The SMILES string of the molecule is COC(=O)C1=C(C)NC(C)=C(C(=O)OCCCNCC(O)COc2ccccc2C)C1c1cccc([N+](=O)[O-])c1. The predicted octanol–water partition coefficient (Wildman–Crippen LogP) is 3.27. The minimum Gasteiger partial charge on any atom is -0.491 e. The number of aryl methyl sites for hydroxylation is 1. The number of nitrogens with zero attached hydrogens (tertiary/aromatic N) is 1. The van der Waals surface area contributed by atoms with Gasteiger partial charge in [0.1, 0.15) is 18.5 Å². The van der Waals surface area contributed by atoms with Gasteiger partial charge in [0.15, 0.2) is 0 Å². The Morgan fingerprint density at radius 2 is 1.77 bits per heavy atom. The first kappa shape index (κ1) is 30.3. The third-order valence-electron chi connectivity index (χ3n) is 6.44. The third-order valence-corrected chi connectivity index (χ3v) is 6.44. The molecule has 11 heteroatoms. The number of allylic oxidation sites excluding steroid dienone is 2. The van der Waals surface area contributed by atoms with Gasteiger partial charge in [-0.05, 0) is 50.9 Å². The van der Waals surface area contributed by atoms with Crippen LogP contribution in [-0.4, -0.2) is 61.5 Å². The lowest BCUT2D eigenvalue weighted by atomic mass is 9.80. The number of nitrogens with one attached hydrogen (secondary N) is 2. The quantitative estimate of drug-likeness (QED) is 0.146. The van der Waals surface area contributed by atoms with Crippen molar-refractivity contribution in [3.8, 4) is 5.75 Å². The van der Waals surface area contributed by atoms with Crippen molar-refractivity contribution in [3.05, 3.63) is 92.3 Å². The molecule has 3 N–H and O–H groups in total. The maximum absolute atomic E-state index is 13.3. The number of aliphatic hydroxyl groups is 1. The van der Waals surface area contributed by atoms with Crippen molar-refractivity contribution in [1.82, 2.24) is 10.6 Å². The number of nitro benzene ring substituents is 1. The summed E-state index contributed by atoms with van der Waals surface area (Å²) >= 11 is 0. The highest BCUT2D eigenvalue weighted by Gasteiger charge is 2.38. The van der Waals surface area contributed by atoms with E-state index in [9.17, 15) is 24.8 Å². The Bertz CT molecular complexity index is 1300. The van der Waals surface area contributed by atoms with Gasteiger partial charge in [0, 0.05) is 30.1 Å². The molecule has 0 saturated carbocycles. The van der Waals surface area contributed by atoms with Gasteiger partial charge in [0.25, 0.3) is 5.69 Å². The van der Waals surface area contributed by atoms with Crippen molar-refractivity contribution in [3.63, 3.8) is 0 Å². The number of para-hydroxylation sites is 1. The smallest absolute Gasteiger partial charge is 0.336 e. The average Bonchev–Trinajstić information content (AvgIpc) is 2.93. The van der Waals surface area contributed by atoms with E-state index in [1.807, 2.05) is 31.2 Å². The summed E-state index contributed by atoms with van der Waals surface area (Å²) in [6, 6.07) is 13.4. The summed E-state index contributed by atoms with van der Waals surface area (Å²) in [7, 11) is 1.23. The van der Waals surface area contributed by atoms with Gasteiger partial charge in [-0.2, -0.15) is 0 Å². The maximum atomic E-state index is 13.3. The molecule has 0 saturated heterocycles. The van der Waals surface area contributed by atoms with Gasteiger partial charge in [0.2, 0.25) is 0 Å². The lowest BCUT2D eigenvalue weighted by Gasteiger charge is -2.30. The molecule has 1 aliphatic rings. The number of ether oxygens (including phenoxy) is 3. The number of esters is 2. The molecule has 0 fully saturated rings. The second-order valence-corrected chi connectivity index (χ2v) is 9.40. The van der Waals surface area contributed by atoms with Crippen LogP contribution in [0.5, 0.6) is 5.75 Å². The van der Waals surface area contributed by atoms with E-state index in [4.69, 9.17) is 14.2 Å². The molecule has 40 heavy (non-hydrogen) atoms. The topological polar surface area (TPSA) is 149 Å². The first-order valence-electron chi connectivity index (χ1n) is 12.9. The van der Waals surface area contributed by atoms with E-state index in [1.54, 1.807) is 19.9 Å². The van der Waals surface area contributed by atoms with E-state index >= 15 is 0 Å². The van der Waals surface area contributed by atoms with Crippen LogP contribution in [-0.2, 0) is 19.1 Å². The highest BCUT2D eigenvalue weighted by atomic mass is 16.6. The van der Waals surface area contributed by atoms with Crippen LogP contribution in [0.25, 0.3) is 0 Å². The summed E-state index contributed by atoms with van der Waals surface area (Å²) < 4.78 is 16.1. The zero-order valence-corrected chi connectivity index (χ0v) is 23.1. The second-order valence-electron chi connectivity index (χ2n) is 9.40. The van der Waals surface area contributed by atoms with Crippen LogP contribution >= 0.6 is 0 Å². The molecule has 2 aromatic rings. The van der Waals surface area contributed by atoms with Gasteiger partial charge >= 0.3 is 11.9 Å². The fraction of sp³-hybridized carbons (Fsp3) is 0.379. The lowest BCUT2D eigenvalue weighted by Crippen LogP contribution is -2.33. The predicted molar refractivity (Wildman–Crippen MR) is 148 cm³/mol. The number of methoxy groups -OCH3 is 1. The summed E-state index contributed by atoms with van der Waals surface area (Å²) in [5.41, 5.74) is 2.51.